The Balaban J connectivity index is 1.45. The van der Waals surface area contributed by atoms with E-state index in [1.807, 2.05) is 0 Å². The molecular formula is C23H33O11P. The van der Waals surface area contributed by atoms with Gasteiger partial charge in [0.1, 0.15) is 42.7 Å². The van der Waals surface area contributed by atoms with Crippen LogP contribution in [0.1, 0.15) is 27.7 Å². The van der Waals surface area contributed by atoms with Gasteiger partial charge in [0.05, 0.1) is 13.2 Å². The van der Waals surface area contributed by atoms with Gasteiger partial charge in [-0.25, -0.2) is 0 Å². The van der Waals surface area contributed by atoms with Gasteiger partial charge in [-0.1, -0.05) is 18.2 Å². The number of hydrogen-bond acceptors (Lipinski definition) is 11. The molecule has 0 saturated carbocycles. The first kappa shape index (κ1) is 25.7. The highest BCUT2D eigenvalue weighted by molar-refractivity contribution is 7.67. The van der Waals surface area contributed by atoms with Gasteiger partial charge in [0.2, 0.25) is 0 Å². The van der Waals surface area contributed by atoms with Crippen molar-refractivity contribution >= 4 is 12.7 Å². The Labute approximate surface area is 203 Å². The first-order chi connectivity index (χ1) is 16.4. The van der Waals surface area contributed by atoms with Crippen LogP contribution in [0, 0.1) is 0 Å². The van der Waals surface area contributed by atoms with E-state index in [-0.39, 0.29) is 11.9 Å². The van der Waals surface area contributed by atoms with E-state index in [9.17, 15) is 19.9 Å². The lowest BCUT2D eigenvalue weighted by Crippen LogP contribution is -2.55. The summed E-state index contributed by atoms with van der Waals surface area (Å²) in [6.07, 6.45) is -7.93. The molecule has 0 spiro atoms. The summed E-state index contributed by atoms with van der Waals surface area (Å²) in [4.78, 5) is 0. The van der Waals surface area contributed by atoms with Crippen LogP contribution in [-0.2, 0) is 37.5 Å². The second kappa shape index (κ2) is 9.11. The molecule has 0 unspecified atom stereocenters. The first-order valence-corrected chi connectivity index (χ1v) is 13.4. The third kappa shape index (κ3) is 4.62. The van der Waals surface area contributed by atoms with E-state index < -0.39 is 80.4 Å². The Morgan fingerprint density at radius 2 is 1.66 bits per heavy atom. The van der Waals surface area contributed by atoms with E-state index in [0.717, 1.165) is 0 Å². The average molecular weight is 516 g/mol. The largest absolute Gasteiger partial charge is 0.394 e. The zero-order valence-electron chi connectivity index (χ0n) is 20.1. The average Bonchev–Trinajstić information content (AvgIpc) is 3.44. The lowest BCUT2D eigenvalue weighted by Gasteiger charge is -2.43. The molecule has 4 saturated heterocycles. The highest BCUT2D eigenvalue weighted by atomic mass is 31.2. The summed E-state index contributed by atoms with van der Waals surface area (Å²) in [5.74, 6) is -3.23. The molecule has 1 aromatic rings. The zero-order valence-corrected chi connectivity index (χ0v) is 20.9. The summed E-state index contributed by atoms with van der Waals surface area (Å²) >= 11 is 0. The predicted octanol–water partition coefficient (Wildman–Crippen LogP) is 0.442. The molecule has 11 nitrogen and oxygen atoms in total. The predicted molar refractivity (Wildman–Crippen MR) is 120 cm³/mol. The van der Waals surface area contributed by atoms with E-state index in [4.69, 9.17) is 32.9 Å². The summed E-state index contributed by atoms with van der Waals surface area (Å²) in [6.45, 7) is 6.76. The molecule has 0 aromatic heterocycles. The first-order valence-electron chi connectivity index (χ1n) is 11.7. The maximum atomic E-state index is 14.2. The van der Waals surface area contributed by atoms with Crippen molar-refractivity contribution < 1.29 is 52.8 Å². The molecule has 4 fully saturated rings. The fourth-order valence-corrected chi connectivity index (χ4v) is 7.65. The minimum Gasteiger partial charge on any atom is -0.394 e. The van der Waals surface area contributed by atoms with Crippen LogP contribution in [0.4, 0.5) is 0 Å². The minimum atomic E-state index is -3.95. The molecule has 0 amide bonds. The monoisotopic (exact) mass is 516 g/mol. The van der Waals surface area contributed by atoms with Crippen LogP contribution in [0.2, 0.25) is 0 Å². The molecule has 10 atom stereocenters. The molecule has 0 bridgehead atoms. The molecule has 35 heavy (non-hydrogen) atoms. The molecule has 196 valence electrons. The Morgan fingerprint density at radius 1 is 0.971 bits per heavy atom. The fraction of sp³-hybridized carbons (Fsp3) is 0.739. The number of aliphatic hydroxyl groups is 3. The van der Waals surface area contributed by atoms with E-state index in [1.54, 1.807) is 58.0 Å². The summed E-state index contributed by atoms with van der Waals surface area (Å²) in [5.41, 5.74) is 0. The van der Waals surface area contributed by atoms with Gasteiger partial charge in [0.25, 0.3) is 7.37 Å². The standard InChI is InChI=1S/C23H33O11P/c1-22(2)28-11-14(31-22)17-18-19(33-23(3,4)32-18)20(29-17)30-21-16(26)15(25)13(10-24)34-35(21,27)12-8-6-5-7-9-12/h5-9,13-21,24-26H,10-11H2,1-4H3/t13-,14-,15-,16+,17-,18+,19+,20-,21+,35+/m1/s1. The number of rotatable bonds is 5. The molecule has 4 aliphatic rings. The molecule has 5 rings (SSSR count). The third-order valence-corrected chi connectivity index (χ3v) is 9.36. The summed E-state index contributed by atoms with van der Waals surface area (Å²) in [6, 6.07) is 8.27. The van der Waals surface area contributed by atoms with Crippen molar-refractivity contribution in [3.8, 4) is 0 Å². The van der Waals surface area contributed by atoms with Gasteiger partial charge in [0, 0.05) is 5.30 Å². The van der Waals surface area contributed by atoms with Gasteiger partial charge >= 0.3 is 0 Å². The molecule has 1 aromatic carbocycles. The van der Waals surface area contributed by atoms with Crippen LogP contribution in [0.25, 0.3) is 0 Å². The third-order valence-electron chi connectivity index (χ3n) is 6.66. The van der Waals surface area contributed by atoms with Crippen molar-refractivity contribution in [3.63, 3.8) is 0 Å². The Bertz CT molecular complexity index is 956. The van der Waals surface area contributed by atoms with Crippen molar-refractivity contribution in [2.24, 2.45) is 0 Å². The lowest BCUT2D eigenvalue weighted by atomic mass is 10.1. The van der Waals surface area contributed by atoms with E-state index in [0.29, 0.717) is 0 Å². The molecule has 12 heteroatoms. The number of hydrogen-bond donors (Lipinski definition) is 3. The number of fused-ring (bicyclic) bond motifs is 1. The van der Waals surface area contributed by atoms with Crippen LogP contribution >= 0.6 is 7.37 Å². The summed E-state index contributed by atoms with van der Waals surface area (Å²) in [5, 5.41) is 31.5. The quantitative estimate of drug-likeness (QED) is 0.469. The van der Waals surface area contributed by atoms with Gasteiger partial charge in [-0.15, -0.1) is 0 Å². The maximum Gasteiger partial charge on any atom is 0.263 e. The van der Waals surface area contributed by atoms with E-state index in [1.165, 1.54) is 0 Å². The van der Waals surface area contributed by atoms with Crippen LogP contribution in [0.15, 0.2) is 30.3 Å². The second-order valence-electron chi connectivity index (χ2n) is 10.2. The van der Waals surface area contributed by atoms with Crippen molar-refractivity contribution in [3.05, 3.63) is 30.3 Å². The van der Waals surface area contributed by atoms with Gasteiger partial charge in [-0.2, -0.15) is 0 Å². The van der Waals surface area contributed by atoms with Crippen LogP contribution < -0.4 is 5.30 Å². The second-order valence-corrected chi connectivity index (χ2v) is 12.6. The number of aliphatic hydroxyl groups excluding tert-OH is 3. The van der Waals surface area contributed by atoms with Gasteiger partial charge in [-0.3, -0.25) is 4.57 Å². The molecule has 0 radical (unpaired) electrons. The molecule has 0 aliphatic carbocycles. The highest BCUT2D eigenvalue weighted by Crippen LogP contribution is 2.58. The SMILES string of the molecule is CC1(C)O[C@@H]2[C@H](O1)[C@@H](O[C@@H]1[C@@H](O)[C@H](O)[C@@H](CO)O[P@@]1(=O)c1ccccc1)O[C@@H]2[C@H]1COC(C)(C)O1. The summed E-state index contributed by atoms with van der Waals surface area (Å²) in [7, 11) is -3.95. The Kier molecular flexibility index (Phi) is 6.69. The van der Waals surface area contributed by atoms with Crippen LogP contribution in [-0.4, -0.2) is 95.0 Å². The van der Waals surface area contributed by atoms with Crippen molar-refractivity contribution in [1.82, 2.24) is 0 Å². The summed E-state index contributed by atoms with van der Waals surface area (Å²) < 4.78 is 56.1. The van der Waals surface area contributed by atoms with Gasteiger partial charge < -0.3 is 48.3 Å². The van der Waals surface area contributed by atoms with Crippen LogP contribution in [0.3, 0.4) is 0 Å². The van der Waals surface area contributed by atoms with Crippen molar-refractivity contribution in [2.75, 3.05) is 13.2 Å². The molecule has 3 N–H and O–H groups in total. The fourth-order valence-electron chi connectivity index (χ4n) is 5.07. The zero-order chi connectivity index (χ0) is 25.2. The minimum absolute atomic E-state index is 0.270. The molecule has 4 heterocycles. The van der Waals surface area contributed by atoms with Crippen molar-refractivity contribution in [2.45, 2.75) is 94.1 Å². The Morgan fingerprint density at radius 3 is 2.29 bits per heavy atom. The van der Waals surface area contributed by atoms with Gasteiger partial charge in [0.15, 0.2) is 23.7 Å². The van der Waals surface area contributed by atoms with E-state index >= 15 is 0 Å². The van der Waals surface area contributed by atoms with Crippen molar-refractivity contribution in [1.29, 1.82) is 0 Å². The van der Waals surface area contributed by atoms with Gasteiger partial charge in [-0.05, 0) is 39.8 Å². The molecule has 4 aliphatic heterocycles. The Hall–Kier alpha value is -0.950. The highest BCUT2D eigenvalue weighted by Gasteiger charge is 2.62. The maximum absolute atomic E-state index is 14.2. The lowest BCUT2D eigenvalue weighted by molar-refractivity contribution is -0.262. The van der Waals surface area contributed by atoms with E-state index in [2.05, 4.69) is 0 Å². The topological polar surface area (TPSA) is 142 Å². The number of ether oxygens (including phenoxy) is 6. The number of benzene rings is 1. The smallest absolute Gasteiger partial charge is 0.263 e. The van der Waals surface area contributed by atoms with Crippen LogP contribution in [0.5, 0.6) is 0 Å². The molecular weight excluding hydrogens is 483 g/mol. The normalized spacial score (nSPS) is 46.5.